The van der Waals surface area contributed by atoms with Gasteiger partial charge in [0.1, 0.15) is 0 Å². The first-order valence-electron chi connectivity index (χ1n) is 6.94. The van der Waals surface area contributed by atoms with Crippen molar-refractivity contribution in [1.82, 2.24) is 0 Å². The van der Waals surface area contributed by atoms with Crippen molar-refractivity contribution < 1.29 is 69.1 Å². The first kappa shape index (κ1) is 18.6. The van der Waals surface area contributed by atoms with Gasteiger partial charge in [-0.3, -0.25) is 0 Å². The Morgan fingerprint density at radius 3 is 2.20 bits per heavy atom. The molecule has 1 nitrogen and oxygen atoms in total. The predicted molar refractivity (Wildman–Crippen MR) is 72.0 cm³/mol. The van der Waals surface area contributed by atoms with Gasteiger partial charge in [-0.25, -0.2) is 0 Å². The minimum atomic E-state index is -5.02. The summed E-state index contributed by atoms with van der Waals surface area (Å²) < 4.78 is 44.8. The van der Waals surface area contributed by atoms with Crippen LogP contribution in [-0.4, -0.2) is 13.1 Å². The van der Waals surface area contributed by atoms with Crippen LogP contribution in [0.2, 0.25) is 0 Å². The Bertz CT molecular complexity index is 429. The van der Waals surface area contributed by atoms with Crippen molar-refractivity contribution in [3.8, 4) is 5.75 Å². The number of halogens is 3. The van der Waals surface area contributed by atoms with Crippen molar-refractivity contribution in [2.45, 2.75) is 51.6 Å². The molecule has 0 radical (unpaired) electrons. The SMILES string of the molecule is Cc1ccc(OC2CCCCCC2)c([B-](F)(F)F)c1.[K+]. The summed E-state index contributed by atoms with van der Waals surface area (Å²) in [6, 6.07) is 4.33. The molecule has 0 N–H and O–H groups in total. The number of rotatable bonds is 3. The zero-order valence-electron chi connectivity index (χ0n) is 12.2. The molecule has 1 saturated carbocycles. The van der Waals surface area contributed by atoms with Crippen molar-refractivity contribution in [2.75, 3.05) is 0 Å². The Morgan fingerprint density at radius 1 is 1.05 bits per heavy atom. The topological polar surface area (TPSA) is 9.23 Å². The van der Waals surface area contributed by atoms with Gasteiger partial charge in [0.15, 0.2) is 0 Å². The van der Waals surface area contributed by atoms with E-state index in [9.17, 15) is 12.9 Å². The second-order valence-corrected chi connectivity index (χ2v) is 5.35. The molecule has 0 atom stereocenters. The largest absolute Gasteiger partial charge is 1.00 e. The van der Waals surface area contributed by atoms with E-state index in [4.69, 9.17) is 4.74 Å². The van der Waals surface area contributed by atoms with E-state index in [1.807, 2.05) is 0 Å². The van der Waals surface area contributed by atoms with Crippen LogP contribution in [0, 0.1) is 6.92 Å². The summed E-state index contributed by atoms with van der Waals surface area (Å²) in [5.74, 6) is 0.00463. The minimum absolute atomic E-state index is 0. The van der Waals surface area contributed by atoms with Crippen LogP contribution in [0.3, 0.4) is 0 Å². The molecule has 0 aliphatic heterocycles. The van der Waals surface area contributed by atoms with Gasteiger partial charge in [0.2, 0.25) is 0 Å². The van der Waals surface area contributed by atoms with Gasteiger partial charge >= 0.3 is 58.4 Å². The summed E-state index contributed by atoms with van der Waals surface area (Å²) in [4.78, 5) is 0. The third-order valence-electron chi connectivity index (χ3n) is 3.61. The maximum Gasteiger partial charge on any atom is 1.00 e. The molecule has 2 rings (SSSR count). The summed E-state index contributed by atoms with van der Waals surface area (Å²) >= 11 is 0. The number of aryl methyl sites for hydroxylation is 1. The summed E-state index contributed by atoms with van der Waals surface area (Å²) in [6.07, 6.45) is 6.05. The Hall–Kier alpha value is 0.511. The van der Waals surface area contributed by atoms with Crippen LogP contribution in [0.4, 0.5) is 12.9 Å². The van der Waals surface area contributed by atoms with Gasteiger partial charge in [-0.15, -0.1) is 0 Å². The quantitative estimate of drug-likeness (QED) is 0.601. The summed E-state index contributed by atoms with van der Waals surface area (Å²) in [7, 11) is 0. The van der Waals surface area contributed by atoms with Crippen molar-refractivity contribution in [3.05, 3.63) is 23.8 Å². The van der Waals surface area contributed by atoms with Crippen molar-refractivity contribution in [1.29, 1.82) is 0 Å². The Labute approximate surface area is 161 Å². The van der Waals surface area contributed by atoms with Gasteiger partial charge in [-0.1, -0.05) is 36.0 Å². The second-order valence-electron chi connectivity index (χ2n) is 5.35. The van der Waals surface area contributed by atoms with E-state index in [2.05, 4.69) is 0 Å². The molecule has 20 heavy (non-hydrogen) atoms. The minimum Gasteiger partial charge on any atom is -0.493 e. The molecule has 1 aromatic rings. The standard InChI is InChI=1S/C14H19BF3O.K/c1-11-8-9-14(13(10-11)15(16,17)18)19-12-6-4-2-3-5-7-12;/h8-10,12H,2-7H2,1H3;/q-1;+1. The Kier molecular flexibility index (Phi) is 7.63. The van der Waals surface area contributed by atoms with E-state index >= 15 is 0 Å². The van der Waals surface area contributed by atoms with E-state index in [1.165, 1.54) is 12.1 Å². The molecular weight excluding hydrogens is 291 g/mol. The smallest absolute Gasteiger partial charge is 0.493 e. The summed E-state index contributed by atoms with van der Waals surface area (Å²) in [5.41, 5.74) is 0.0201. The summed E-state index contributed by atoms with van der Waals surface area (Å²) in [6.45, 7) is -3.35. The fourth-order valence-electron chi connectivity index (χ4n) is 2.57. The van der Waals surface area contributed by atoms with Crippen molar-refractivity contribution >= 4 is 12.4 Å². The number of hydrogen-bond acceptors (Lipinski definition) is 1. The molecule has 0 aromatic heterocycles. The Morgan fingerprint density at radius 2 is 1.65 bits per heavy atom. The molecule has 1 aliphatic rings. The maximum absolute atomic E-state index is 13.0. The zero-order valence-corrected chi connectivity index (χ0v) is 15.3. The van der Waals surface area contributed by atoms with E-state index in [1.54, 1.807) is 13.0 Å². The van der Waals surface area contributed by atoms with Gasteiger partial charge in [0.25, 0.3) is 0 Å². The number of hydrogen-bond donors (Lipinski definition) is 0. The fourth-order valence-corrected chi connectivity index (χ4v) is 2.57. The van der Waals surface area contributed by atoms with Gasteiger partial charge < -0.3 is 17.7 Å². The van der Waals surface area contributed by atoms with Crippen molar-refractivity contribution in [2.24, 2.45) is 0 Å². The molecule has 0 unspecified atom stereocenters. The Balaban J connectivity index is 0.00000200. The average Bonchev–Trinajstić information content (AvgIpc) is 2.59. The van der Waals surface area contributed by atoms with Crippen LogP contribution < -0.4 is 61.6 Å². The molecule has 1 fully saturated rings. The third-order valence-corrected chi connectivity index (χ3v) is 3.61. The van der Waals surface area contributed by atoms with Crippen LogP contribution in [0.15, 0.2) is 18.2 Å². The predicted octanol–water partition coefficient (Wildman–Crippen LogP) is 1.16. The molecule has 0 amide bonds. The number of ether oxygens (including phenoxy) is 1. The van der Waals surface area contributed by atoms with E-state index in [0.29, 0.717) is 5.56 Å². The van der Waals surface area contributed by atoms with E-state index < -0.39 is 12.4 Å². The molecule has 1 aliphatic carbocycles. The van der Waals surface area contributed by atoms with E-state index in [-0.39, 0.29) is 63.2 Å². The van der Waals surface area contributed by atoms with Crippen LogP contribution >= 0.6 is 0 Å². The molecule has 0 heterocycles. The van der Waals surface area contributed by atoms with Crippen LogP contribution in [0.5, 0.6) is 5.75 Å². The molecule has 6 heteroatoms. The van der Waals surface area contributed by atoms with Crippen LogP contribution in [-0.2, 0) is 0 Å². The zero-order chi connectivity index (χ0) is 13.9. The molecule has 106 valence electrons. The van der Waals surface area contributed by atoms with Crippen LogP contribution in [0.1, 0.15) is 44.1 Å². The van der Waals surface area contributed by atoms with Gasteiger partial charge in [-0.05, 0) is 38.7 Å². The first-order chi connectivity index (χ1) is 8.97. The van der Waals surface area contributed by atoms with Gasteiger partial charge in [-0.2, -0.15) is 0 Å². The molecular formula is C14H19BF3KO. The molecule has 1 aromatic carbocycles. The second kappa shape index (κ2) is 8.22. The van der Waals surface area contributed by atoms with Crippen molar-refractivity contribution in [3.63, 3.8) is 0 Å². The fraction of sp³-hybridized carbons (Fsp3) is 0.571. The summed E-state index contributed by atoms with van der Waals surface area (Å²) in [5, 5.41) is 0. The first-order valence-corrected chi connectivity index (χ1v) is 6.94. The monoisotopic (exact) mass is 310 g/mol. The molecule has 0 bridgehead atoms. The van der Waals surface area contributed by atoms with E-state index in [0.717, 1.165) is 38.5 Å². The third kappa shape index (κ3) is 5.37. The van der Waals surface area contributed by atoms with Gasteiger partial charge in [0, 0.05) is 0 Å². The average molecular weight is 310 g/mol. The molecule has 0 saturated heterocycles. The van der Waals surface area contributed by atoms with Gasteiger partial charge in [0.05, 0.1) is 11.9 Å². The maximum atomic E-state index is 13.0. The van der Waals surface area contributed by atoms with Crippen LogP contribution in [0.25, 0.3) is 0 Å². The number of benzene rings is 1. The molecule has 0 spiro atoms. The normalized spacial score (nSPS) is 17.2.